The van der Waals surface area contributed by atoms with E-state index in [9.17, 15) is 10.1 Å². The fourth-order valence-electron chi connectivity index (χ4n) is 3.02. The smallest absolute Gasteiger partial charge is 0.276 e. The number of amides is 1. The van der Waals surface area contributed by atoms with E-state index in [4.69, 9.17) is 0 Å². The molecular formula is C23H32N3OS+. The van der Waals surface area contributed by atoms with Gasteiger partial charge >= 0.3 is 0 Å². The van der Waals surface area contributed by atoms with E-state index in [-0.39, 0.29) is 24.4 Å². The van der Waals surface area contributed by atoms with Gasteiger partial charge in [0.1, 0.15) is 11.6 Å². The highest BCUT2D eigenvalue weighted by Gasteiger charge is 2.31. The van der Waals surface area contributed by atoms with Crippen LogP contribution in [0.4, 0.5) is 0 Å². The van der Waals surface area contributed by atoms with Gasteiger partial charge in [-0.15, -0.1) is 11.3 Å². The second kappa shape index (κ2) is 9.86. The molecule has 0 fully saturated rings. The zero-order valence-electron chi connectivity index (χ0n) is 17.5. The summed E-state index contributed by atoms with van der Waals surface area (Å²) in [7, 11) is 0. The van der Waals surface area contributed by atoms with Crippen molar-refractivity contribution in [2.75, 3.05) is 6.54 Å². The number of rotatable bonds is 9. The second-order valence-electron chi connectivity index (χ2n) is 7.93. The topological polar surface area (TPSA) is 69.5 Å². The molecule has 0 spiro atoms. The molecule has 28 heavy (non-hydrogen) atoms. The maximum Gasteiger partial charge on any atom is 0.276 e. The number of hydrogen-bond donors (Lipinski definition) is 2. The van der Waals surface area contributed by atoms with Crippen molar-refractivity contribution in [1.82, 2.24) is 5.32 Å². The Morgan fingerprint density at radius 2 is 1.86 bits per heavy atom. The number of nitrogens with two attached hydrogens (primary N) is 1. The summed E-state index contributed by atoms with van der Waals surface area (Å²) in [5.74, 6) is 0.474. The molecule has 0 aliphatic rings. The summed E-state index contributed by atoms with van der Waals surface area (Å²) in [5, 5.41) is 16.4. The lowest BCUT2D eigenvalue weighted by molar-refractivity contribution is -0.676. The third-order valence-corrected chi connectivity index (χ3v) is 6.61. The highest BCUT2D eigenvalue weighted by Crippen LogP contribution is 2.25. The van der Waals surface area contributed by atoms with Gasteiger partial charge in [0.15, 0.2) is 6.54 Å². The first kappa shape index (κ1) is 22.1. The van der Waals surface area contributed by atoms with Crippen molar-refractivity contribution >= 4 is 17.2 Å². The number of nitrogens with one attached hydrogen (secondary N) is 1. The van der Waals surface area contributed by atoms with Gasteiger partial charge in [-0.05, 0) is 42.2 Å². The zero-order valence-corrected chi connectivity index (χ0v) is 18.3. The Bertz CT molecular complexity index is 792. The Morgan fingerprint density at radius 3 is 2.36 bits per heavy atom. The molecule has 3 atom stereocenters. The maximum atomic E-state index is 12.5. The van der Waals surface area contributed by atoms with Crippen LogP contribution >= 0.6 is 11.3 Å². The lowest BCUT2D eigenvalue weighted by atomic mass is 9.90. The fourth-order valence-corrected chi connectivity index (χ4v) is 3.87. The molecule has 0 saturated carbocycles. The molecule has 2 rings (SSSR count). The molecule has 0 unspecified atom stereocenters. The molecule has 2 aromatic rings. The van der Waals surface area contributed by atoms with Gasteiger partial charge in [0.25, 0.3) is 5.91 Å². The molecule has 0 aliphatic carbocycles. The van der Waals surface area contributed by atoms with E-state index in [0.717, 1.165) is 6.42 Å². The van der Waals surface area contributed by atoms with Crippen LogP contribution in [0, 0.1) is 17.2 Å². The number of carbonyl (C=O) groups is 1. The van der Waals surface area contributed by atoms with Crippen LogP contribution < -0.4 is 10.6 Å². The van der Waals surface area contributed by atoms with Crippen molar-refractivity contribution in [3.05, 3.63) is 57.8 Å². The Balaban J connectivity index is 2.13. The Hall–Kier alpha value is -2.16. The van der Waals surface area contributed by atoms with E-state index in [1.165, 1.54) is 16.0 Å². The van der Waals surface area contributed by atoms with E-state index < -0.39 is 5.54 Å². The average molecular weight is 399 g/mol. The Kier molecular flexibility index (Phi) is 7.79. The van der Waals surface area contributed by atoms with Crippen molar-refractivity contribution in [1.29, 1.82) is 5.26 Å². The fraction of sp³-hybridized carbons (Fsp3) is 0.478. The number of benzene rings is 1. The third-order valence-electron chi connectivity index (χ3n) is 5.65. The molecule has 1 aromatic carbocycles. The monoisotopic (exact) mass is 398 g/mol. The quantitative estimate of drug-likeness (QED) is 0.671. The summed E-state index contributed by atoms with van der Waals surface area (Å²) < 4.78 is 0. The minimum absolute atomic E-state index is 0.0441. The molecule has 1 aromatic heterocycles. The highest BCUT2D eigenvalue weighted by molar-refractivity contribution is 7.10. The van der Waals surface area contributed by atoms with Crippen LogP contribution in [0.5, 0.6) is 0 Å². The number of hydrogen-bond acceptors (Lipinski definition) is 3. The summed E-state index contributed by atoms with van der Waals surface area (Å²) in [6, 6.07) is 15.2. The molecule has 5 heteroatoms. The number of nitriles is 1. The SMILES string of the molecule is CC[C@H](C)c1ccc([C@H]([NH2+]CC(=O)N[C@@](C)(C#N)C(C)C)c2cccs2)cc1. The standard InChI is InChI=1S/C23H31N3OS/c1-6-17(4)18-9-11-19(12-10-18)22(20-8-7-13-28-20)25-14-21(27)26-23(5,15-24)16(2)3/h7-13,16-17,22,25H,6,14H2,1-5H3,(H,26,27)/p+1/t17-,22-,23-/m0/s1. The zero-order chi connectivity index (χ0) is 20.7. The van der Waals surface area contributed by atoms with E-state index in [2.05, 4.69) is 66.3 Å². The molecule has 4 nitrogen and oxygen atoms in total. The molecule has 0 radical (unpaired) electrons. The number of thiophene rings is 1. The predicted molar refractivity (Wildman–Crippen MR) is 115 cm³/mol. The molecule has 3 N–H and O–H groups in total. The number of quaternary nitrogens is 1. The van der Waals surface area contributed by atoms with Crippen LogP contribution in [0.2, 0.25) is 0 Å². The van der Waals surface area contributed by atoms with Gasteiger partial charge < -0.3 is 10.6 Å². The normalized spacial score (nSPS) is 15.5. The summed E-state index contributed by atoms with van der Waals surface area (Å²) in [5.41, 5.74) is 1.69. The molecule has 150 valence electrons. The van der Waals surface area contributed by atoms with E-state index in [0.29, 0.717) is 5.92 Å². The largest absolute Gasteiger partial charge is 0.333 e. The van der Waals surface area contributed by atoms with Crippen LogP contribution in [0.1, 0.15) is 69.0 Å². The van der Waals surface area contributed by atoms with Crippen molar-refractivity contribution in [2.45, 2.75) is 58.5 Å². The van der Waals surface area contributed by atoms with Gasteiger partial charge in [0.05, 0.1) is 10.9 Å². The first-order valence-electron chi connectivity index (χ1n) is 9.99. The molecule has 0 aliphatic heterocycles. The van der Waals surface area contributed by atoms with Gasteiger partial charge in [-0.25, -0.2) is 0 Å². The summed E-state index contributed by atoms with van der Waals surface area (Å²) in [6.45, 7) is 10.4. The van der Waals surface area contributed by atoms with Crippen LogP contribution in [-0.2, 0) is 4.79 Å². The van der Waals surface area contributed by atoms with Gasteiger partial charge in [-0.3, -0.25) is 4.79 Å². The van der Waals surface area contributed by atoms with Gasteiger partial charge in [0.2, 0.25) is 0 Å². The lowest BCUT2D eigenvalue weighted by Gasteiger charge is -2.27. The molecular weight excluding hydrogens is 366 g/mol. The van der Waals surface area contributed by atoms with Crippen molar-refractivity contribution in [3.8, 4) is 6.07 Å². The predicted octanol–water partition coefficient (Wildman–Crippen LogP) is 3.97. The summed E-state index contributed by atoms with van der Waals surface area (Å²) in [4.78, 5) is 13.7. The van der Waals surface area contributed by atoms with E-state index in [1.807, 2.05) is 19.9 Å². The highest BCUT2D eigenvalue weighted by atomic mass is 32.1. The molecule has 0 saturated heterocycles. The van der Waals surface area contributed by atoms with Gasteiger partial charge in [-0.1, -0.05) is 58.0 Å². The summed E-state index contributed by atoms with van der Waals surface area (Å²) in [6.07, 6.45) is 1.12. The van der Waals surface area contributed by atoms with Gasteiger partial charge in [-0.2, -0.15) is 5.26 Å². The molecule has 1 amide bonds. The minimum atomic E-state index is -0.846. The van der Waals surface area contributed by atoms with Crippen LogP contribution in [-0.4, -0.2) is 18.0 Å². The molecule has 1 heterocycles. The average Bonchev–Trinajstić information content (AvgIpc) is 3.22. The Morgan fingerprint density at radius 1 is 1.21 bits per heavy atom. The van der Waals surface area contributed by atoms with E-state index in [1.54, 1.807) is 18.3 Å². The Labute approximate surface area is 173 Å². The summed E-state index contributed by atoms with van der Waals surface area (Å²) >= 11 is 1.70. The first-order valence-corrected chi connectivity index (χ1v) is 10.9. The van der Waals surface area contributed by atoms with Crippen LogP contribution in [0.25, 0.3) is 0 Å². The number of nitrogens with zero attached hydrogens (tertiary/aromatic N) is 1. The van der Waals surface area contributed by atoms with Crippen molar-refractivity contribution < 1.29 is 10.1 Å². The minimum Gasteiger partial charge on any atom is -0.333 e. The van der Waals surface area contributed by atoms with Crippen LogP contribution in [0.15, 0.2) is 41.8 Å². The molecule has 0 bridgehead atoms. The maximum absolute atomic E-state index is 12.5. The number of carbonyl (C=O) groups excluding carboxylic acids is 1. The van der Waals surface area contributed by atoms with E-state index >= 15 is 0 Å². The second-order valence-corrected chi connectivity index (χ2v) is 8.91. The van der Waals surface area contributed by atoms with Crippen molar-refractivity contribution in [3.63, 3.8) is 0 Å². The van der Waals surface area contributed by atoms with Gasteiger partial charge in [0, 0.05) is 5.56 Å². The van der Waals surface area contributed by atoms with Crippen molar-refractivity contribution in [2.24, 2.45) is 5.92 Å². The van der Waals surface area contributed by atoms with Crippen LogP contribution in [0.3, 0.4) is 0 Å². The third kappa shape index (κ3) is 5.43. The first-order chi connectivity index (χ1) is 13.3. The lowest BCUT2D eigenvalue weighted by Crippen LogP contribution is -2.88.